The molecule has 3 aliphatic rings. The molecule has 3 rings (SSSR count). The standard InChI is InChI=1S/C25H44Si/c1-3-5-6-20-7-9-21(10-8-20)22-11-13-23(14-12-22)24-15-17-25(18-16-24)26-19-4-2/h5-6,20-25H,3-4,7-19H2,1-2H3/b6-5+. The summed E-state index contributed by atoms with van der Waals surface area (Å²) >= 11 is 0. The van der Waals surface area contributed by atoms with E-state index in [2.05, 4.69) is 26.0 Å². The van der Waals surface area contributed by atoms with Gasteiger partial charge in [-0.1, -0.05) is 64.1 Å². The van der Waals surface area contributed by atoms with Crippen LogP contribution in [0.3, 0.4) is 0 Å². The van der Waals surface area contributed by atoms with E-state index in [-0.39, 0.29) is 0 Å². The summed E-state index contributed by atoms with van der Waals surface area (Å²) in [6, 6.07) is 1.50. The Labute approximate surface area is 166 Å². The van der Waals surface area contributed by atoms with E-state index in [9.17, 15) is 0 Å². The van der Waals surface area contributed by atoms with Crippen molar-refractivity contribution >= 4 is 9.52 Å². The molecule has 26 heavy (non-hydrogen) atoms. The molecule has 0 aromatic rings. The van der Waals surface area contributed by atoms with Crippen molar-refractivity contribution in [1.29, 1.82) is 0 Å². The second kappa shape index (κ2) is 11.1. The monoisotopic (exact) mass is 372 g/mol. The van der Waals surface area contributed by atoms with Crippen LogP contribution in [0.2, 0.25) is 11.6 Å². The van der Waals surface area contributed by atoms with Crippen molar-refractivity contribution in [1.82, 2.24) is 0 Å². The van der Waals surface area contributed by atoms with Crippen LogP contribution >= 0.6 is 0 Å². The zero-order valence-electron chi connectivity index (χ0n) is 17.7. The van der Waals surface area contributed by atoms with Crippen molar-refractivity contribution in [2.24, 2.45) is 29.6 Å². The lowest BCUT2D eigenvalue weighted by Gasteiger charge is -2.41. The Bertz CT molecular complexity index is 390. The Balaban J connectivity index is 1.34. The van der Waals surface area contributed by atoms with Crippen molar-refractivity contribution in [3.63, 3.8) is 0 Å². The second-order valence-electron chi connectivity index (χ2n) is 9.75. The van der Waals surface area contributed by atoms with Crippen molar-refractivity contribution < 1.29 is 0 Å². The lowest BCUT2D eigenvalue weighted by atomic mass is 9.65. The SMILES string of the molecule is CC/C=C/C1CCC(C2CCC(C3CCC([Si]CCC)CC3)CC2)CC1. The summed E-state index contributed by atoms with van der Waals surface area (Å²) in [6.45, 7) is 4.62. The molecule has 0 atom stereocenters. The topological polar surface area (TPSA) is 0 Å². The number of hydrogen-bond acceptors (Lipinski definition) is 0. The normalized spacial score (nSPS) is 39.3. The van der Waals surface area contributed by atoms with E-state index in [1.165, 1.54) is 54.1 Å². The van der Waals surface area contributed by atoms with E-state index in [0.29, 0.717) is 0 Å². The van der Waals surface area contributed by atoms with Crippen LogP contribution in [0.4, 0.5) is 0 Å². The first kappa shape index (κ1) is 20.7. The van der Waals surface area contributed by atoms with Crippen molar-refractivity contribution in [2.75, 3.05) is 0 Å². The van der Waals surface area contributed by atoms with Crippen LogP contribution in [0.1, 0.15) is 104 Å². The molecule has 3 saturated carbocycles. The summed E-state index contributed by atoms with van der Waals surface area (Å²) < 4.78 is 0. The van der Waals surface area contributed by atoms with Crippen LogP contribution in [0.15, 0.2) is 12.2 Å². The first-order valence-corrected chi connectivity index (χ1v) is 13.5. The predicted octanol–water partition coefficient (Wildman–Crippen LogP) is 8.08. The van der Waals surface area contributed by atoms with Crippen LogP contribution in [0, 0.1) is 29.6 Å². The Morgan fingerprint density at radius 2 is 1.12 bits per heavy atom. The molecule has 0 aromatic carbocycles. The Morgan fingerprint density at radius 3 is 1.58 bits per heavy atom. The smallest absolute Gasteiger partial charge is 0.0413 e. The molecule has 0 spiro atoms. The minimum atomic E-state index is 0.908. The highest BCUT2D eigenvalue weighted by Gasteiger charge is 2.34. The third-order valence-electron chi connectivity index (χ3n) is 8.07. The van der Waals surface area contributed by atoms with Gasteiger partial charge >= 0.3 is 0 Å². The van der Waals surface area contributed by atoms with Gasteiger partial charge in [-0.15, -0.1) is 0 Å². The summed E-state index contributed by atoms with van der Waals surface area (Å²) in [5.74, 6) is 5.28. The maximum Gasteiger partial charge on any atom is 0.0413 e. The van der Waals surface area contributed by atoms with Gasteiger partial charge in [0.15, 0.2) is 0 Å². The average molecular weight is 373 g/mol. The van der Waals surface area contributed by atoms with Gasteiger partial charge in [-0.25, -0.2) is 0 Å². The third kappa shape index (κ3) is 5.98. The molecule has 0 saturated heterocycles. The molecule has 0 aliphatic heterocycles. The molecule has 0 aromatic heterocycles. The maximum absolute atomic E-state index is 2.52. The summed E-state index contributed by atoms with van der Waals surface area (Å²) in [5.41, 5.74) is 1.11. The van der Waals surface area contributed by atoms with Gasteiger partial charge in [-0.3, -0.25) is 0 Å². The highest BCUT2D eigenvalue weighted by molar-refractivity contribution is 6.37. The zero-order valence-corrected chi connectivity index (χ0v) is 18.7. The Kier molecular flexibility index (Phi) is 8.81. The van der Waals surface area contributed by atoms with E-state index >= 15 is 0 Å². The van der Waals surface area contributed by atoms with E-state index in [4.69, 9.17) is 0 Å². The minimum absolute atomic E-state index is 0.908. The summed E-state index contributed by atoms with van der Waals surface area (Å²) in [5, 5.41) is 0. The molecule has 0 N–H and O–H groups in total. The Morgan fingerprint density at radius 1 is 0.654 bits per heavy atom. The largest absolute Gasteiger partial charge is 0.0885 e. The number of hydrogen-bond donors (Lipinski definition) is 0. The van der Waals surface area contributed by atoms with Crippen LogP contribution in [0.5, 0.6) is 0 Å². The van der Waals surface area contributed by atoms with Crippen LogP contribution < -0.4 is 0 Å². The predicted molar refractivity (Wildman–Crippen MR) is 117 cm³/mol. The first-order chi connectivity index (χ1) is 12.8. The van der Waals surface area contributed by atoms with Gasteiger partial charge in [-0.05, 0) is 92.9 Å². The fourth-order valence-electron chi connectivity index (χ4n) is 6.37. The van der Waals surface area contributed by atoms with Gasteiger partial charge < -0.3 is 0 Å². The molecule has 0 unspecified atom stereocenters. The second-order valence-corrected chi connectivity index (χ2v) is 11.5. The average Bonchev–Trinajstić information content (AvgIpc) is 2.72. The van der Waals surface area contributed by atoms with Gasteiger partial charge in [0.05, 0.1) is 0 Å². The van der Waals surface area contributed by atoms with Crippen molar-refractivity contribution in [2.45, 2.75) is 115 Å². The minimum Gasteiger partial charge on any atom is -0.0885 e. The lowest BCUT2D eigenvalue weighted by molar-refractivity contribution is 0.117. The number of allylic oxidation sites excluding steroid dienone is 2. The van der Waals surface area contributed by atoms with Crippen LogP contribution in [0.25, 0.3) is 0 Å². The van der Waals surface area contributed by atoms with Gasteiger partial charge in [-0.2, -0.15) is 0 Å². The molecule has 0 amide bonds. The number of rotatable bonds is 7. The highest BCUT2D eigenvalue weighted by Crippen LogP contribution is 2.46. The molecule has 2 radical (unpaired) electrons. The first-order valence-electron chi connectivity index (χ1n) is 12.2. The van der Waals surface area contributed by atoms with E-state index in [1.807, 2.05) is 0 Å². The summed E-state index contributed by atoms with van der Waals surface area (Å²) in [7, 11) is 1.27. The molecule has 1 heteroatoms. The van der Waals surface area contributed by atoms with E-state index in [1.54, 1.807) is 51.4 Å². The van der Waals surface area contributed by atoms with Gasteiger partial charge in [0.1, 0.15) is 0 Å². The zero-order chi connectivity index (χ0) is 18.2. The van der Waals surface area contributed by atoms with Crippen molar-refractivity contribution in [3.8, 4) is 0 Å². The van der Waals surface area contributed by atoms with Crippen LogP contribution in [-0.4, -0.2) is 9.52 Å². The summed E-state index contributed by atoms with van der Waals surface area (Å²) in [6.07, 6.45) is 26.1. The molecule has 0 bridgehead atoms. The van der Waals surface area contributed by atoms with E-state index < -0.39 is 0 Å². The van der Waals surface area contributed by atoms with Gasteiger partial charge in [0, 0.05) is 9.52 Å². The van der Waals surface area contributed by atoms with E-state index in [0.717, 1.165) is 35.1 Å². The third-order valence-corrected chi connectivity index (χ3v) is 10.0. The van der Waals surface area contributed by atoms with Crippen LogP contribution in [-0.2, 0) is 0 Å². The molecule has 148 valence electrons. The van der Waals surface area contributed by atoms with Crippen molar-refractivity contribution in [3.05, 3.63) is 12.2 Å². The lowest BCUT2D eigenvalue weighted by Crippen LogP contribution is -2.29. The summed E-state index contributed by atoms with van der Waals surface area (Å²) in [4.78, 5) is 0. The fraction of sp³-hybridized carbons (Fsp3) is 0.920. The van der Waals surface area contributed by atoms with Gasteiger partial charge in [0.2, 0.25) is 0 Å². The molecule has 0 nitrogen and oxygen atoms in total. The molecule has 3 fully saturated rings. The molecule has 0 heterocycles. The molecular formula is C25H44Si. The molecular weight excluding hydrogens is 328 g/mol. The maximum atomic E-state index is 2.52. The quantitative estimate of drug-likeness (QED) is 0.313. The Hall–Kier alpha value is -0.0431. The highest BCUT2D eigenvalue weighted by atomic mass is 28.2. The fourth-order valence-corrected chi connectivity index (χ4v) is 7.81. The van der Waals surface area contributed by atoms with Gasteiger partial charge in [0.25, 0.3) is 0 Å². The molecule has 3 aliphatic carbocycles.